The number of hydrogen-bond acceptors (Lipinski definition) is 3. The van der Waals surface area contributed by atoms with Crippen LogP contribution in [0.4, 0.5) is 18.0 Å². The van der Waals surface area contributed by atoms with Crippen molar-refractivity contribution in [2.45, 2.75) is 26.1 Å². The van der Waals surface area contributed by atoms with Gasteiger partial charge in [0.05, 0.1) is 13.2 Å². The second-order valence-electron chi connectivity index (χ2n) is 4.30. The lowest BCUT2D eigenvalue weighted by molar-refractivity contribution is -0.160. The van der Waals surface area contributed by atoms with E-state index in [0.29, 0.717) is 11.3 Å². The van der Waals surface area contributed by atoms with Crippen LogP contribution in [0.2, 0.25) is 0 Å². The van der Waals surface area contributed by atoms with Crippen LogP contribution in [0, 0.1) is 6.92 Å². The van der Waals surface area contributed by atoms with Gasteiger partial charge in [0.2, 0.25) is 0 Å². The third-order valence-electron chi connectivity index (χ3n) is 2.55. The summed E-state index contributed by atoms with van der Waals surface area (Å²) in [4.78, 5) is 11.3. The summed E-state index contributed by atoms with van der Waals surface area (Å²) >= 11 is 0. The standard InChI is InChI=1S/C13H16F3NO3/c1-8-4-5-11(19-3)10(6-8)9(2)17-12(18)20-7-13(14,15)16/h4-6,9H,7H2,1-3H3,(H,17,18)/t9-/m1/s1. The van der Waals surface area contributed by atoms with Gasteiger partial charge in [0, 0.05) is 5.56 Å². The summed E-state index contributed by atoms with van der Waals surface area (Å²) < 4.78 is 45.0. The van der Waals surface area contributed by atoms with E-state index in [2.05, 4.69) is 10.1 Å². The second kappa shape index (κ2) is 6.49. The van der Waals surface area contributed by atoms with E-state index >= 15 is 0 Å². The quantitative estimate of drug-likeness (QED) is 0.925. The van der Waals surface area contributed by atoms with Gasteiger partial charge in [-0.2, -0.15) is 13.2 Å². The molecule has 0 fully saturated rings. The molecule has 1 N–H and O–H groups in total. The summed E-state index contributed by atoms with van der Waals surface area (Å²) in [5, 5.41) is 2.33. The Morgan fingerprint density at radius 3 is 2.60 bits per heavy atom. The first-order chi connectivity index (χ1) is 9.23. The van der Waals surface area contributed by atoms with Crippen LogP contribution >= 0.6 is 0 Å². The van der Waals surface area contributed by atoms with Gasteiger partial charge in [0.1, 0.15) is 5.75 Å². The lowest BCUT2D eigenvalue weighted by Crippen LogP contribution is -2.31. The number of amides is 1. The van der Waals surface area contributed by atoms with Crippen LogP contribution in [0.1, 0.15) is 24.1 Å². The van der Waals surface area contributed by atoms with E-state index in [1.165, 1.54) is 7.11 Å². The predicted molar refractivity (Wildman–Crippen MR) is 66.7 cm³/mol. The summed E-state index contributed by atoms with van der Waals surface area (Å²) in [6.07, 6.45) is -5.67. The van der Waals surface area contributed by atoms with Crippen molar-refractivity contribution in [2.75, 3.05) is 13.7 Å². The number of aryl methyl sites for hydroxylation is 1. The van der Waals surface area contributed by atoms with Crippen LogP contribution in [0.25, 0.3) is 0 Å². The zero-order valence-electron chi connectivity index (χ0n) is 11.4. The van der Waals surface area contributed by atoms with Crippen LogP contribution in [0.15, 0.2) is 18.2 Å². The Hall–Kier alpha value is -1.92. The number of alkyl halides is 3. The molecule has 7 heteroatoms. The Morgan fingerprint density at radius 1 is 1.40 bits per heavy atom. The van der Waals surface area contributed by atoms with Crippen molar-refractivity contribution < 1.29 is 27.4 Å². The lowest BCUT2D eigenvalue weighted by atomic mass is 10.0. The topological polar surface area (TPSA) is 47.6 Å². The molecule has 0 saturated heterocycles. The molecular weight excluding hydrogens is 275 g/mol. The van der Waals surface area contributed by atoms with Crippen molar-refractivity contribution >= 4 is 6.09 Å². The molecule has 0 bridgehead atoms. The van der Waals surface area contributed by atoms with Gasteiger partial charge in [0.15, 0.2) is 6.61 Å². The smallest absolute Gasteiger partial charge is 0.422 e. The number of carbonyl (C=O) groups excluding carboxylic acids is 1. The minimum Gasteiger partial charge on any atom is -0.496 e. The van der Waals surface area contributed by atoms with E-state index < -0.39 is 24.9 Å². The highest BCUT2D eigenvalue weighted by molar-refractivity contribution is 5.68. The average Bonchev–Trinajstić information content (AvgIpc) is 2.35. The van der Waals surface area contributed by atoms with Gasteiger partial charge in [-0.05, 0) is 19.9 Å². The van der Waals surface area contributed by atoms with Gasteiger partial charge >= 0.3 is 12.3 Å². The number of ether oxygens (including phenoxy) is 2. The van der Waals surface area contributed by atoms with Crippen molar-refractivity contribution in [1.82, 2.24) is 5.32 Å². The fourth-order valence-electron chi connectivity index (χ4n) is 1.64. The molecule has 4 nitrogen and oxygen atoms in total. The molecule has 0 aliphatic carbocycles. The number of alkyl carbamates (subject to hydrolysis) is 1. The molecule has 1 aromatic carbocycles. The van der Waals surface area contributed by atoms with Crippen LogP contribution in [0.5, 0.6) is 5.75 Å². The number of rotatable bonds is 4. The summed E-state index contributed by atoms with van der Waals surface area (Å²) in [7, 11) is 1.48. The Kier molecular flexibility index (Phi) is 5.24. The van der Waals surface area contributed by atoms with Crippen molar-refractivity contribution in [2.24, 2.45) is 0 Å². The molecule has 0 heterocycles. The van der Waals surface area contributed by atoms with Crippen LogP contribution in [0.3, 0.4) is 0 Å². The van der Waals surface area contributed by atoms with Gasteiger partial charge in [0.25, 0.3) is 0 Å². The van der Waals surface area contributed by atoms with Crippen LogP contribution in [-0.2, 0) is 4.74 Å². The maximum atomic E-state index is 11.9. The maximum absolute atomic E-state index is 11.9. The van der Waals surface area contributed by atoms with Gasteiger partial charge in [-0.1, -0.05) is 17.7 Å². The van der Waals surface area contributed by atoms with E-state index in [4.69, 9.17) is 4.74 Å². The van der Waals surface area contributed by atoms with Gasteiger partial charge in [-0.15, -0.1) is 0 Å². The lowest BCUT2D eigenvalue weighted by Gasteiger charge is -2.18. The summed E-state index contributed by atoms with van der Waals surface area (Å²) in [6, 6.07) is 4.81. The summed E-state index contributed by atoms with van der Waals surface area (Å²) in [5.74, 6) is 0.541. The van der Waals surface area contributed by atoms with Crippen molar-refractivity contribution in [3.63, 3.8) is 0 Å². The highest BCUT2D eigenvalue weighted by Crippen LogP contribution is 2.26. The zero-order valence-corrected chi connectivity index (χ0v) is 11.4. The van der Waals surface area contributed by atoms with E-state index in [9.17, 15) is 18.0 Å². The SMILES string of the molecule is COc1ccc(C)cc1[C@@H](C)NC(=O)OCC(F)(F)F. The minimum absolute atomic E-state index is 0.536. The number of halogens is 3. The molecule has 0 radical (unpaired) electrons. The molecule has 0 aliphatic heterocycles. The van der Waals surface area contributed by atoms with Gasteiger partial charge < -0.3 is 14.8 Å². The first-order valence-corrected chi connectivity index (χ1v) is 5.87. The zero-order chi connectivity index (χ0) is 15.3. The number of nitrogens with one attached hydrogen (secondary N) is 1. The second-order valence-corrected chi connectivity index (χ2v) is 4.30. The first kappa shape index (κ1) is 16.1. The highest BCUT2D eigenvalue weighted by Gasteiger charge is 2.30. The molecule has 0 aliphatic rings. The molecule has 0 saturated carbocycles. The average molecular weight is 291 g/mol. The Balaban J connectivity index is 2.69. The summed E-state index contributed by atoms with van der Waals surface area (Å²) in [6.45, 7) is 1.88. The number of benzene rings is 1. The van der Waals surface area contributed by atoms with Gasteiger partial charge in [-0.25, -0.2) is 4.79 Å². The molecule has 0 spiro atoms. The number of hydrogen-bond donors (Lipinski definition) is 1. The highest BCUT2D eigenvalue weighted by atomic mass is 19.4. The van der Waals surface area contributed by atoms with E-state index in [1.54, 1.807) is 19.1 Å². The Bertz CT molecular complexity index is 474. The summed E-state index contributed by atoms with van der Waals surface area (Å²) in [5.41, 5.74) is 1.61. The van der Waals surface area contributed by atoms with Crippen molar-refractivity contribution in [3.05, 3.63) is 29.3 Å². The van der Waals surface area contributed by atoms with E-state index in [-0.39, 0.29) is 0 Å². The van der Waals surface area contributed by atoms with Crippen LogP contribution < -0.4 is 10.1 Å². The predicted octanol–water partition coefficient (Wildman–Crippen LogP) is 3.35. The van der Waals surface area contributed by atoms with Gasteiger partial charge in [-0.3, -0.25) is 0 Å². The fraction of sp³-hybridized carbons (Fsp3) is 0.462. The molecule has 0 unspecified atom stereocenters. The third-order valence-corrected chi connectivity index (χ3v) is 2.55. The molecule has 1 aromatic rings. The van der Waals surface area contributed by atoms with Crippen LogP contribution in [-0.4, -0.2) is 26.0 Å². The Labute approximate surface area is 114 Å². The molecule has 0 aromatic heterocycles. The monoisotopic (exact) mass is 291 g/mol. The molecule has 1 atom stereocenters. The number of methoxy groups -OCH3 is 1. The Morgan fingerprint density at radius 2 is 2.05 bits per heavy atom. The fourth-order valence-corrected chi connectivity index (χ4v) is 1.64. The first-order valence-electron chi connectivity index (χ1n) is 5.87. The van der Waals surface area contributed by atoms with Crippen molar-refractivity contribution in [3.8, 4) is 5.75 Å². The van der Waals surface area contributed by atoms with E-state index in [0.717, 1.165) is 5.56 Å². The van der Waals surface area contributed by atoms with Crippen molar-refractivity contribution in [1.29, 1.82) is 0 Å². The molecule has 1 rings (SSSR count). The largest absolute Gasteiger partial charge is 0.496 e. The maximum Gasteiger partial charge on any atom is 0.422 e. The van der Waals surface area contributed by atoms with E-state index in [1.807, 2.05) is 13.0 Å². The molecular formula is C13H16F3NO3. The minimum atomic E-state index is -4.54. The molecule has 112 valence electrons. The third kappa shape index (κ3) is 4.99. The number of carbonyl (C=O) groups is 1. The normalized spacial score (nSPS) is 12.7. The molecule has 1 amide bonds. The molecule has 20 heavy (non-hydrogen) atoms.